The molecule has 1 aromatic heterocycles. The van der Waals surface area contributed by atoms with Gasteiger partial charge in [0.15, 0.2) is 0 Å². The van der Waals surface area contributed by atoms with Crippen LogP contribution in [-0.2, 0) is 0 Å². The second-order valence-corrected chi connectivity index (χ2v) is 3.92. The zero-order valence-electron chi connectivity index (χ0n) is 8.61. The van der Waals surface area contributed by atoms with Crippen LogP contribution in [0, 0.1) is 5.92 Å². The van der Waals surface area contributed by atoms with Gasteiger partial charge in [0, 0.05) is 19.3 Å². The van der Waals surface area contributed by atoms with Crippen molar-refractivity contribution in [2.75, 3.05) is 23.7 Å². The fourth-order valence-corrected chi connectivity index (χ4v) is 1.70. The van der Waals surface area contributed by atoms with E-state index in [9.17, 15) is 0 Å². The van der Waals surface area contributed by atoms with Crippen LogP contribution in [0.3, 0.4) is 0 Å². The van der Waals surface area contributed by atoms with E-state index in [4.69, 9.17) is 5.73 Å². The molecule has 3 heteroatoms. The monoisotopic (exact) mass is 191 g/mol. The number of nitrogens with two attached hydrogens (primary N) is 1. The number of nitrogens with zero attached hydrogens (tertiary/aromatic N) is 2. The zero-order valence-corrected chi connectivity index (χ0v) is 8.61. The van der Waals surface area contributed by atoms with Crippen molar-refractivity contribution in [2.45, 2.75) is 19.8 Å². The minimum Gasteiger partial charge on any atom is -0.396 e. The van der Waals surface area contributed by atoms with E-state index in [1.807, 2.05) is 6.07 Å². The molecule has 0 amide bonds. The Balaban J connectivity index is 2.12. The molecule has 0 atom stereocenters. The molecule has 76 valence electrons. The lowest BCUT2D eigenvalue weighted by Crippen LogP contribution is -2.26. The molecule has 2 N–H and O–H groups in total. The Hall–Kier alpha value is -1.25. The van der Waals surface area contributed by atoms with Gasteiger partial charge < -0.3 is 10.6 Å². The minimum absolute atomic E-state index is 0.787. The summed E-state index contributed by atoms with van der Waals surface area (Å²) < 4.78 is 0. The molecule has 2 rings (SSSR count). The molecule has 1 saturated carbocycles. The highest BCUT2D eigenvalue weighted by atomic mass is 15.1. The second kappa shape index (κ2) is 3.86. The van der Waals surface area contributed by atoms with E-state index < -0.39 is 0 Å². The van der Waals surface area contributed by atoms with Gasteiger partial charge in [-0.2, -0.15) is 0 Å². The molecule has 0 aliphatic heterocycles. The summed E-state index contributed by atoms with van der Waals surface area (Å²) in [7, 11) is 0. The largest absolute Gasteiger partial charge is 0.396 e. The molecule has 1 aromatic rings. The highest BCUT2D eigenvalue weighted by Gasteiger charge is 2.24. The Kier molecular flexibility index (Phi) is 2.57. The lowest BCUT2D eigenvalue weighted by molar-refractivity contribution is 0.742. The van der Waals surface area contributed by atoms with Crippen molar-refractivity contribution >= 4 is 11.4 Å². The number of hydrogen-bond acceptors (Lipinski definition) is 3. The number of aromatic nitrogens is 1. The Morgan fingerprint density at radius 3 is 2.93 bits per heavy atom. The Morgan fingerprint density at radius 1 is 1.57 bits per heavy atom. The fourth-order valence-electron chi connectivity index (χ4n) is 1.70. The molecule has 1 aliphatic carbocycles. The van der Waals surface area contributed by atoms with Crippen molar-refractivity contribution in [2.24, 2.45) is 5.92 Å². The van der Waals surface area contributed by atoms with Crippen LogP contribution in [0.1, 0.15) is 19.8 Å². The smallest absolute Gasteiger partial charge is 0.0738 e. The lowest BCUT2D eigenvalue weighted by atomic mass is 10.2. The summed E-state index contributed by atoms with van der Waals surface area (Å²) in [6, 6.07) is 2.00. The van der Waals surface area contributed by atoms with Gasteiger partial charge in [-0.15, -0.1) is 0 Å². The number of nitrogen functional groups attached to an aromatic ring is 1. The minimum atomic E-state index is 0.787. The van der Waals surface area contributed by atoms with E-state index >= 15 is 0 Å². The molecule has 0 saturated heterocycles. The number of rotatable bonds is 4. The summed E-state index contributed by atoms with van der Waals surface area (Å²) >= 11 is 0. The van der Waals surface area contributed by atoms with Crippen LogP contribution in [0.4, 0.5) is 11.4 Å². The van der Waals surface area contributed by atoms with Crippen LogP contribution in [-0.4, -0.2) is 18.1 Å². The summed E-state index contributed by atoms with van der Waals surface area (Å²) in [6.45, 7) is 4.33. The van der Waals surface area contributed by atoms with Gasteiger partial charge in [0.2, 0.25) is 0 Å². The van der Waals surface area contributed by atoms with Crippen LogP contribution in [0.15, 0.2) is 18.5 Å². The molecule has 1 aliphatic rings. The first-order chi connectivity index (χ1) is 6.81. The summed E-state index contributed by atoms with van der Waals surface area (Å²) in [6.07, 6.45) is 6.29. The first kappa shape index (κ1) is 9.31. The summed E-state index contributed by atoms with van der Waals surface area (Å²) in [5.74, 6) is 0.891. The van der Waals surface area contributed by atoms with Gasteiger partial charge >= 0.3 is 0 Å². The topological polar surface area (TPSA) is 42.2 Å². The molecule has 1 heterocycles. The maximum Gasteiger partial charge on any atom is 0.0738 e. The average Bonchev–Trinajstić information content (AvgIpc) is 2.99. The van der Waals surface area contributed by atoms with Crippen molar-refractivity contribution in [3.8, 4) is 0 Å². The van der Waals surface area contributed by atoms with E-state index in [0.717, 1.165) is 30.4 Å². The predicted molar refractivity (Wildman–Crippen MR) is 59.3 cm³/mol. The SMILES string of the molecule is CCN(CC1CC1)c1ccncc1N. The van der Waals surface area contributed by atoms with Gasteiger partial charge in [-0.1, -0.05) is 0 Å². The quantitative estimate of drug-likeness (QED) is 0.790. The van der Waals surface area contributed by atoms with E-state index in [1.165, 1.54) is 12.8 Å². The first-order valence-corrected chi connectivity index (χ1v) is 5.25. The normalized spacial score (nSPS) is 15.5. The van der Waals surface area contributed by atoms with E-state index in [1.54, 1.807) is 12.4 Å². The average molecular weight is 191 g/mol. The van der Waals surface area contributed by atoms with Crippen molar-refractivity contribution in [1.82, 2.24) is 4.98 Å². The summed E-state index contributed by atoms with van der Waals surface area (Å²) in [5, 5.41) is 0. The molecule has 14 heavy (non-hydrogen) atoms. The third-order valence-electron chi connectivity index (χ3n) is 2.73. The molecule has 1 fully saturated rings. The van der Waals surface area contributed by atoms with E-state index in [-0.39, 0.29) is 0 Å². The van der Waals surface area contributed by atoms with Gasteiger partial charge in [-0.3, -0.25) is 4.98 Å². The Bertz CT molecular complexity index is 307. The van der Waals surface area contributed by atoms with Gasteiger partial charge in [0.1, 0.15) is 0 Å². The molecule has 0 aromatic carbocycles. The maximum atomic E-state index is 5.89. The lowest BCUT2D eigenvalue weighted by Gasteiger charge is -2.24. The summed E-state index contributed by atoms with van der Waals surface area (Å²) in [4.78, 5) is 6.35. The molecule has 0 radical (unpaired) electrons. The number of anilines is 2. The van der Waals surface area contributed by atoms with Gasteiger partial charge in [-0.05, 0) is 31.7 Å². The van der Waals surface area contributed by atoms with Gasteiger partial charge in [0.05, 0.1) is 17.6 Å². The van der Waals surface area contributed by atoms with Gasteiger partial charge in [-0.25, -0.2) is 0 Å². The van der Waals surface area contributed by atoms with Crippen molar-refractivity contribution in [3.05, 3.63) is 18.5 Å². The van der Waals surface area contributed by atoms with Crippen LogP contribution in [0.25, 0.3) is 0 Å². The van der Waals surface area contributed by atoms with Gasteiger partial charge in [0.25, 0.3) is 0 Å². The second-order valence-electron chi connectivity index (χ2n) is 3.92. The first-order valence-electron chi connectivity index (χ1n) is 5.25. The van der Waals surface area contributed by atoms with E-state index in [0.29, 0.717) is 0 Å². The summed E-state index contributed by atoms with van der Waals surface area (Å²) in [5.41, 5.74) is 7.81. The maximum absolute atomic E-state index is 5.89. The van der Waals surface area contributed by atoms with Crippen LogP contribution < -0.4 is 10.6 Å². The Morgan fingerprint density at radius 2 is 2.36 bits per heavy atom. The van der Waals surface area contributed by atoms with E-state index in [2.05, 4.69) is 16.8 Å². The highest BCUT2D eigenvalue weighted by molar-refractivity contribution is 5.65. The Labute approximate surface area is 84.9 Å². The molecular weight excluding hydrogens is 174 g/mol. The third-order valence-corrected chi connectivity index (χ3v) is 2.73. The molecular formula is C11H17N3. The van der Waals surface area contributed by atoms with Crippen molar-refractivity contribution < 1.29 is 0 Å². The number of hydrogen-bond donors (Lipinski definition) is 1. The standard InChI is InChI=1S/C11H17N3/c1-2-14(8-9-3-4-9)11-5-6-13-7-10(11)12/h5-7,9H,2-4,8,12H2,1H3. The molecule has 0 spiro atoms. The fraction of sp³-hybridized carbons (Fsp3) is 0.545. The third kappa shape index (κ3) is 1.97. The predicted octanol–water partition coefficient (Wildman–Crippen LogP) is 1.90. The van der Waals surface area contributed by atoms with Crippen molar-refractivity contribution in [3.63, 3.8) is 0 Å². The van der Waals surface area contributed by atoms with Crippen LogP contribution in [0.5, 0.6) is 0 Å². The molecule has 3 nitrogen and oxygen atoms in total. The number of pyridine rings is 1. The highest BCUT2D eigenvalue weighted by Crippen LogP contribution is 2.32. The zero-order chi connectivity index (χ0) is 9.97. The molecule has 0 unspecified atom stereocenters. The molecule has 0 bridgehead atoms. The van der Waals surface area contributed by atoms with Crippen molar-refractivity contribution in [1.29, 1.82) is 0 Å². The van der Waals surface area contributed by atoms with Crippen LogP contribution >= 0.6 is 0 Å². The van der Waals surface area contributed by atoms with Crippen LogP contribution in [0.2, 0.25) is 0 Å².